The molecule has 2 aliphatic rings. The van der Waals surface area contributed by atoms with E-state index < -0.39 is 0 Å². The minimum atomic E-state index is 0.575. The Morgan fingerprint density at radius 2 is 1.60 bits per heavy atom. The second kappa shape index (κ2) is 9.38. The van der Waals surface area contributed by atoms with Gasteiger partial charge in [0.15, 0.2) is 5.82 Å². The first-order chi connectivity index (χ1) is 17.2. The number of hydrogen-bond acceptors (Lipinski definition) is 8. The summed E-state index contributed by atoms with van der Waals surface area (Å²) in [4.78, 5) is 25.3. The number of pyridine rings is 1. The summed E-state index contributed by atoms with van der Waals surface area (Å²) in [6.45, 7) is 4.12. The van der Waals surface area contributed by atoms with Crippen LogP contribution in [0.3, 0.4) is 0 Å². The van der Waals surface area contributed by atoms with E-state index in [1.54, 1.807) is 12.4 Å². The van der Waals surface area contributed by atoms with Crippen LogP contribution in [0.5, 0.6) is 0 Å². The molecular formula is C27H28N8. The largest absolute Gasteiger partial charge is 0.363 e. The summed E-state index contributed by atoms with van der Waals surface area (Å²) >= 11 is 0. The number of aryl methyl sites for hydroxylation is 1. The number of nitrogens with zero attached hydrogens (tertiary/aromatic N) is 6. The Morgan fingerprint density at radius 1 is 0.857 bits per heavy atom. The summed E-state index contributed by atoms with van der Waals surface area (Å²) in [5.74, 6) is 2.70. The first-order valence-electron chi connectivity index (χ1n) is 12.2. The molecule has 0 saturated carbocycles. The van der Waals surface area contributed by atoms with E-state index in [-0.39, 0.29) is 0 Å². The van der Waals surface area contributed by atoms with E-state index in [0.29, 0.717) is 36.0 Å². The molecule has 35 heavy (non-hydrogen) atoms. The van der Waals surface area contributed by atoms with Crippen molar-refractivity contribution in [1.82, 2.24) is 30.2 Å². The first-order valence-corrected chi connectivity index (χ1v) is 12.2. The molecule has 0 radical (unpaired) electrons. The molecule has 2 saturated heterocycles. The zero-order valence-electron chi connectivity index (χ0n) is 19.7. The van der Waals surface area contributed by atoms with E-state index in [4.69, 9.17) is 4.98 Å². The highest BCUT2D eigenvalue weighted by atomic mass is 15.3. The second-order valence-corrected chi connectivity index (χ2v) is 9.21. The van der Waals surface area contributed by atoms with Crippen LogP contribution in [0.4, 0.5) is 17.3 Å². The van der Waals surface area contributed by atoms with Crippen LogP contribution in [-0.2, 0) is 6.42 Å². The Balaban J connectivity index is 1.15. The Kier molecular flexibility index (Phi) is 5.79. The maximum Gasteiger partial charge on any atom is 0.180 e. The molecule has 0 spiro atoms. The minimum absolute atomic E-state index is 0.575. The van der Waals surface area contributed by atoms with Crippen LogP contribution in [0.15, 0.2) is 67.0 Å². The molecule has 6 rings (SSSR count). The molecule has 2 bridgehead atoms. The molecule has 2 aliphatic heterocycles. The standard InChI is InChI=1S/C27H28N8/c1-18-3-2-4-23(31-18)27-30-14-12-25(34-27)32-24-11-13-29-26(33-24)15-19-5-7-20(8-6-19)35-21-9-10-22(35)17-28-16-21/h2-8,11-14,21-22,28H,9-10,15-17H2,1H3,(H,29,30,32,33,34). The van der Waals surface area contributed by atoms with Crippen molar-refractivity contribution < 1.29 is 0 Å². The van der Waals surface area contributed by atoms with Gasteiger partial charge in [0.2, 0.25) is 0 Å². The quantitative estimate of drug-likeness (QED) is 0.444. The predicted molar refractivity (Wildman–Crippen MR) is 137 cm³/mol. The van der Waals surface area contributed by atoms with Gasteiger partial charge in [-0.2, -0.15) is 0 Å². The lowest BCUT2D eigenvalue weighted by Crippen LogP contribution is -2.51. The minimum Gasteiger partial charge on any atom is -0.363 e. The van der Waals surface area contributed by atoms with Crippen LogP contribution in [0.2, 0.25) is 0 Å². The number of anilines is 3. The molecule has 0 amide bonds. The van der Waals surface area contributed by atoms with Gasteiger partial charge in [-0.05, 0) is 61.7 Å². The molecule has 176 valence electrons. The zero-order valence-corrected chi connectivity index (χ0v) is 19.7. The van der Waals surface area contributed by atoms with Gasteiger partial charge in [0.25, 0.3) is 0 Å². The van der Waals surface area contributed by atoms with E-state index in [1.165, 1.54) is 24.1 Å². The van der Waals surface area contributed by atoms with Gasteiger partial charge in [-0.25, -0.2) is 24.9 Å². The fraction of sp³-hybridized carbons (Fsp3) is 0.296. The third kappa shape index (κ3) is 4.70. The van der Waals surface area contributed by atoms with Gasteiger partial charge in [-0.15, -0.1) is 0 Å². The van der Waals surface area contributed by atoms with Crippen LogP contribution in [-0.4, -0.2) is 50.1 Å². The average molecular weight is 465 g/mol. The molecule has 1 aromatic carbocycles. The number of aromatic nitrogens is 5. The molecule has 8 nitrogen and oxygen atoms in total. The van der Waals surface area contributed by atoms with Crippen molar-refractivity contribution in [2.24, 2.45) is 0 Å². The highest BCUT2D eigenvalue weighted by Gasteiger charge is 2.36. The zero-order chi connectivity index (χ0) is 23.6. The monoisotopic (exact) mass is 464 g/mol. The van der Waals surface area contributed by atoms with E-state index in [1.807, 2.05) is 37.3 Å². The van der Waals surface area contributed by atoms with Crippen molar-refractivity contribution >= 4 is 17.3 Å². The van der Waals surface area contributed by atoms with Gasteiger partial charge in [0.1, 0.15) is 23.2 Å². The highest BCUT2D eigenvalue weighted by molar-refractivity contribution is 5.57. The van der Waals surface area contributed by atoms with Gasteiger partial charge in [0, 0.05) is 55.4 Å². The molecule has 4 aromatic rings. The third-order valence-corrected chi connectivity index (χ3v) is 6.71. The number of rotatable bonds is 6. The summed E-state index contributed by atoms with van der Waals surface area (Å²) in [5, 5.41) is 6.83. The van der Waals surface area contributed by atoms with Crippen LogP contribution in [0, 0.1) is 6.92 Å². The molecule has 5 heterocycles. The lowest BCUT2D eigenvalue weighted by atomic mass is 10.1. The maximum atomic E-state index is 4.71. The molecule has 2 N–H and O–H groups in total. The fourth-order valence-electron chi connectivity index (χ4n) is 5.07. The van der Waals surface area contributed by atoms with Crippen molar-refractivity contribution in [3.63, 3.8) is 0 Å². The number of benzene rings is 1. The van der Waals surface area contributed by atoms with Crippen molar-refractivity contribution in [2.45, 2.75) is 38.3 Å². The fourth-order valence-corrected chi connectivity index (χ4v) is 5.07. The summed E-state index contributed by atoms with van der Waals surface area (Å²) in [6, 6.07) is 19.6. The third-order valence-electron chi connectivity index (χ3n) is 6.71. The number of fused-ring (bicyclic) bond motifs is 2. The normalized spacial score (nSPS) is 19.1. The Bertz CT molecular complexity index is 1310. The first kappa shape index (κ1) is 21.6. The van der Waals surface area contributed by atoms with Gasteiger partial charge in [0.05, 0.1) is 0 Å². The number of piperazine rings is 1. The van der Waals surface area contributed by atoms with E-state index >= 15 is 0 Å². The van der Waals surface area contributed by atoms with Gasteiger partial charge in [-0.3, -0.25) is 0 Å². The summed E-state index contributed by atoms with van der Waals surface area (Å²) in [5.41, 5.74) is 4.19. The Morgan fingerprint density at radius 3 is 2.37 bits per heavy atom. The molecule has 3 aromatic heterocycles. The summed E-state index contributed by atoms with van der Waals surface area (Å²) in [7, 11) is 0. The van der Waals surface area contributed by atoms with Gasteiger partial charge >= 0.3 is 0 Å². The van der Waals surface area contributed by atoms with Crippen LogP contribution < -0.4 is 15.5 Å². The van der Waals surface area contributed by atoms with Crippen molar-refractivity contribution in [3.8, 4) is 11.5 Å². The topological polar surface area (TPSA) is 91.8 Å². The van der Waals surface area contributed by atoms with Crippen molar-refractivity contribution in [3.05, 3.63) is 84.1 Å². The smallest absolute Gasteiger partial charge is 0.180 e. The molecule has 2 fully saturated rings. The predicted octanol–water partition coefficient (Wildman–Crippen LogP) is 3.91. The molecule has 0 aliphatic carbocycles. The molecule has 2 atom stereocenters. The van der Waals surface area contributed by atoms with Crippen LogP contribution >= 0.6 is 0 Å². The van der Waals surface area contributed by atoms with Crippen LogP contribution in [0.25, 0.3) is 11.5 Å². The van der Waals surface area contributed by atoms with Crippen molar-refractivity contribution in [1.29, 1.82) is 0 Å². The van der Waals surface area contributed by atoms with E-state index in [9.17, 15) is 0 Å². The number of hydrogen-bond donors (Lipinski definition) is 2. The maximum absolute atomic E-state index is 4.71. The molecular weight excluding hydrogens is 436 g/mol. The van der Waals surface area contributed by atoms with Crippen LogP contribution in [0.1, 0.15) is 29.9 Å². The summed E-state index contributed by atoms with van der Waals surface area (Å²) in [6.07, 6.45) is 6.74. The van der Waals surface area contributed by atoms with Gasteiger partial charge < -0.3 is 15.5 Å². The average Bonchev–Trinajstić information content (AvgIpc) is 3.13. The lowest BCUT2D eigenvalue weighted by Gasteiger charge is -2.37. The van der Waals surface area contributed by atoms with E-state index in [2.05, 4.69) is 59.7 Å². The lowest BCUT2D eigenvalue weighted by molar-refractivity contribution is 0.485. The van der Waals surface area contributed by atoms with E-state index in [0.717, 1.165) is 30.3 Å². The second-order valence-electron chi connectivity index (χ2n) is 9.21. The Labute approximate surface area is 204 Å². The van der Waals surface area contributed by atoms with Gasteiger partial charge in [-0.1, -0.05) is 18.2 Å². The molecule has 8 heteroatoms. The molecule has 2 unspecified atom stereocenters. The summed E-state index contributed by atoms with van der Waals surface area (Å²) < 4.78 is 0. The SMILES string of the molecule is Cc1cccc(-c2nccc(Nc3ccnc(Cc4ccc(N5C6CCC5CNC6)cc4)n3)n2)n1. The Hall–Kier alpha value is -3.91. The highest BCUT2D eigenvalue weighted by Crippen LogP contribution is 2.32. The number of nitrogens with one attached hydrogen (secondary N) is 2. The van der Waals surface area contributed by atoms with Crippen molar-refractivity contribution in [2.75, 3.05) is 23.3 Å².